The summed E-state index contributed by atoms with van der Waals surface area (Å²) in [6.07, 6.45) is 3.58. The maximum atomic E-state index is 13.7. The number of nitriles is 1. The highest BCUT2D eigenvalue weighted by atomic mass is 32.2. The van der Waals surface area contributed by atoms with Crippen LogP contribution in [0, 0.1) is 29.0 Å². The van der Waals surface area contributed by atoms with Crippen LogP contribution < -0.4 is 0 Å². The molecule has 0 heterocycles. The Morgan fingerprint density at radius 3 is 2.79 bits per heavy atom. The van der Waals surface area contributed by atoms with E-state index < -0.39 is 16.6 Å². The standard InChI is InChI=1S/C15H18FNOS/c1-2-11-7-8-12(10-17)15(9-11)19(18)14-6-4-3-5-13(14)16/h3-6,11-12,15H,2,7-9H2,1H3. The summed E-state index contributed by atoms with van der Waals surface area (Å²) < 4.78 is 26.3. The number of halogens is 1. The molecule has 1 saturated carbocycles. The van der Waals surface area contributed by atoms with Crippen LogP contribution in [-0.4, -0.2) is 9.46 Å². The van der Waals surface area contributed by atoms with Crippen LogP contribution >= 0.6 is 0 Å². The van der Waals surface area contributed by atoms with E-state index in [1.807, 2.05) is 0 Å². The molecule has 1 aliphatic carbocycles. The monoisotopic (exact) mass is 279 g/mol. The van der Waals surface area contributed by atoms with Gasteiger partial charge in [0.1, 0.15) is 5.82 Å². The van der Waals surface area contributed by atoms with E-state index in [-0.39, 0.29) is 16.1 Å². The van der Waals surface area contributed by atoms with Gasteiger partial charge in [-0.05, 0) is 37.3 Å². The van der Waals surface area contributed by atoms with E-state index in [1.54, 1.807) is 18.2 Å². The summed E-state index contributed by atoms with van der Waals surface area (Å²) in [4.78, 5) is 0.240. The van der Waals surface area contributed by atoms with Gasteiger partial charge >= 0.3 is 0 Å². The van der Waals surface area contributed by atoms with Crippen LogP contribution in [0.25, 0.3) is 0 Å². The van der Waals surface area contributed by atoms with Crippen LogP contribution in [0.3, 0.4) is 0 Å². The van der Waals surface area contributed by atoms with E-state index in [0.29, 0.717) is 5.92 Å². The molecule has 2 rings (SSSR count). The minimum atomic E-state index is -1.43. The molecule has 0 N–H and O–H groups in total. The Kier molecular flexibility index (Phi) is 4.71. The van der Waals surface area contributed by atoms with Gasteiger partial charge in [0.25, 0.3) is 0 Å². The maximum Gasteiger partial charge on any atom is 0.139 e. The zero-order valence-corrected chi connectivity index (χ0v) is 11.8. The van der Waals surface area contributed by atoms with Gasteiger partial charge in [0.15, 0.2) is 0 Å². The van der Waals surface area contributed by atoms with E-state index in [1.165, 1.54) is 6.07 Å². The van der Waals surface area contributed by atoms with Gasteiger partial charge in [0, 0.05) is 0 Å². The second kappa shape index (κ2) is 6.29. The van der Waals surface area contributed by atoms with Crippen LogP contribution in [0.15, 0.2) is 29.2 Å². The lowest BCUT2D eigenvalue weighted by Gasteiger charge is -2.31. The first-order valence-electron chi connectivity index (χ1n) is 6.72. The summed E-state index contributed by atoms with van der Waals surface area (Å²) in [5, 5.41) is 8.97. The van der Waals surface area contributed by atoms with Gasteiger partial charge in [-0.1, -0.05) is 25.5 Å². The predicted octanol–water partition coefficient (Wildman–Crippen LogP) is 3.65. The van der Waals surface area contributed by atoms with Crippen LogP contribution in [0.2, 0.25) is 0 Å². The molecular formula is C15H18FNOS. The zero-order chi connectivity index (χ0) is 13.8. The quantitative estimate of drug-likeness (QED) is 0.847. The second-order valence-electron chi connectivity index (χ2n) is 5.09. The Morgan fingerprint density at radius 1 is 1.42 bits per heavy atom. The van der Waals surface area contributed by atoms with E-state index in [9.17, 15) is 13.9 Å². The third kappa shape index (κ3) is 3.03. The van der Waals surface area contributed by atoms with E-state index in [4.69, 9.17) is 0 Å². The Bertz CT molecular complexity index is 511. The lowest BCUT2D eigenvalue weighted by molar-refractivity contribution is 0.313. The summed E-state index contributed by atoms with van der Waals surface area (Å²) in [6, 6.07) is 8.43. The predicted molar refractivity (Wildman–Crippen MR) is 73.3 cm³/mol. The molecule has 0 spiro atoms. The largest absolute Gasteiger partial charge is 0.254 e. The maximum absolute atomic E-state index is 13.7. The highest BCUT2D eigenvalue weighted by Gasteiger charge is 2.35. The number of rotatable bonds is 3. The number of nitrogens with zero attached hydrogens (tertiary/aromatic N) is 1. The molecule has 0 aromatic heterocycles. The fourth-order valence-electron chi connectivity index (χ4n) is 2.74. The van der Waals surface area contributed by atoms with Crippen molar-refractivity contribution in [2.75, 3.05) is 0 Å². The average Bonchev–Trinajstić information content (AvgIpc) is 2.46. The summed E-state index contributed by atoms with van der Waals surface area (Å²) in [6.45, 7) is 2.11. The van der Waals surface area contributed by atoms with Crippen molar-refractivity contribution in [3.63, 3.8) is 0 Å². The third-order valence-electron chi connectivity index (χ3n) is 3.97. The fraction of sp³-hybridized carbons (Fsp3) is 0.533. The summed E-state index contributed by atoms with van der Waals surface area (Å²) in [5.74, 6) is -0.148. The summed E-state index contributed by atoms with van der Waals surface area (Å²) >= 11 is 0. The number of hydrogen-bond acceptors (Lipinski definition) is 2. The normalized spacial score (nSPS) is 28.6. The first-order chi connectivity index (χ1) is 9.17. The van der Waals surface area contributed by atoms with Gasteiger partial charge in [0.05, 0.1) is 32.9 Å². The van der Waals surface area contributed by atoms with Crippen LogP contribution in [0.5, 0.6) is 0 Å². The Balaban J connectivity index is 2.25. The van der Waals surface area contributed by atoms with Crippen molar-refractivity contribution >= 4 is 10.8 Å². The molecule has 0 amide bonds. The molecule has 19 heavy (non-hydrogen) atoms. The summed E-state index contributed by atoms with van der Waals surface area (Å²) in [7, 11) is -1.43. The topological polar surface area (TPSA) is 40.9 Å². The second-order valence-corrected chi connectivity index (χ2v) is 6.73. The molecule has 0 aliphatic heterocycles. The van der Waals surface area contributed by atoms with Gasteiger partial charge in [-0.2, -0.15) is 5.26 Å². The van der Waals surface area contributed by atoms with Crippen LogP contribution in [0.1, 0.15) is 32.6 Å². The molecule has 4 atom stereocenters. The highest BCUT2D eigenvalue weighted by Crippen LogP contribution is 2.35. The molecule has 0 bridgehead atoms. The molecule has 4 unspecified atom stereocenters. The van der Waals surface area contributed by atoms with Crippen molar-refractivity contribution in [2.24, 2.45) is 11.8 Å². The van der Waals surface area contributed by atoms with E-state index >= 15 is 0 Å². The van der Waals surface area contributed by atoms with Crippen molar-refractivity contribution < 1.29 is 8.60 Å². The highest BCUT2D eigenvalue weighted by molar-refractivity contribution is 7.85. The lowest BCUT2D eigenvalue weighted by Crippen LogP contribution is -2.32. The van der Waals surface area contributed by atoms with E-state index in [2.05, 4.69) is 13.0 Å². The van der Waals surface area contributed by atoms with Gasteiger partial charge < -0.3 is 0 Å². The molecule has 2 nitrogen and oxygen atoms in total. The summed E-state index contributed by atoms with van der Waals surface area (Å²) in [5.41, 5.74) is 0. The Morgan fingerprint density at radius 2 is 2.16 bits per heavy atom. The molecule has 1 aliphatic rings. The molecule has 0 saturated heterocycles. The molecule has 4 heteroatoms. The molecule has 1 fully saturated rings. The zero-order valence-electron chi connectivity index (χ0n) is 11.0. The van der Waals surface area contributed by atoms with Crippen molar-refractivity contribution in [3.05, 3.63) is 30.1 Å². The van der Waals surface area contributed by atoms with Crippen molar-refractivity contribution in [3.8, 4) is 6.07 Å². The Hall–Kier alpha value is -1.21. The van der Waals surface area contributed by atoms with Crippen LogP contribution in [-0.2, 0) is 10.8 Å². The minimum Gasteiger partial charge on any atom is -0.254 e. The van der Waals surface area contributed by atoms with Gasteiger partial charge in [-0.25, -0.2) is 4.39 Å². The van der Waals surface area contributed by atoms with Gasteiger partial charge in [0.2, 0.25) is 0 Å². The molecule has 0 radical (unpaired) electrons. The fourth-order valence-corrected chi connectivity index (χ4v) is 4.48. The lowest BCUT2D eigenvalue weighted by atomic mass is 9.81. The first-order valence-corrected chi connectivity index (χ1v) is 7.93. The van der Waals surface area contributed by atoms with Crippen molar-refractivity contribution in [2.45, 2.75) is 42.8 Å². The van der Waals surface area contributed by atoms with Crippen molar-refractivity contribution in [1.82, 2.24) is 0 Å². The first kappa shape index (κ1) is 14.2. The van der Waals surface area contributed by atoms with Gasteiger partial charge in [-0.3, -0.25) is 4.21 Å². The molecular weight excluding hydrogens is 261 g/mol. The number of benzene rings is 1. The molecule has 1 aromatic carbocycles. The Labute approximate surface area is 116 Å². The smallest absolute Gasteiger partial charge is 0.139 e. The van der Waals surface area contributed by atoms with Crippen LogP contribution in [0.4, 0.5) is 4.39 Å². The molecule has 1 aromatic rings. The minimum absolute atomic E-state index is 0.219. The van der Waals surface area contributed by atoms with Gasteiger partial charge in [-0.15, -0.1) is 0 Å². The SMILES string of the molecule is CCC1CCC(C#N)C(S(=O)c2ccccc2F)C1. The average molecular weight is 279 g/mol. The van der Waals surface area contributed by atoms with Crippen molar-refractivity contribution in [1.29, 1.82) is 5.26 Å². The van der Waals surface area contributed by atoms with E-state index in [0.717, 1.165) is 25.7 Å². The number of hydrogen-bond donors (Lipinski definition) is 0. The third-order valence-corrected chi connectivity index (χ3v) is 5.81. The molecule has 102 valence electrons.